The summed E-state index contributed by atoms with van der Waals surface area (Å²) in [5.41, 5.74) is 9.27. The highest BCUT2D eigenvalue weighted by Crippen LogP contribution is 2.51. The number of ether oxygens (including phenoxy) is 1. The molecule has 12 rings (SSSR count). The van der Waals surface area contributed by atoms with Gasteiger partial charge in [-0.25, -0.2) is 15.0 Å². The van der Waals surface area contributed by atoms with Gasteiger partial charge in [0.15, 0.2) is 17.5 Å². The van der Waals surface area contributed by atoms with Gasteiger partial charge in [-0.2, -0.15) is 0 Å². The third-order valence-electron chi connectivity index (χ3n) is 11.1. The number of furan rings is 2. The van der Waals surface area contributed by atoms with E-state index in [0.717, 1.165) is 93.8 Å². The standard InChI is InChI=1S/C49H29N3O3/c1-2-12-29-25-30(24-23-28(29)11-1)47-50-48(36-17-10-22-42-45(36)34-14-4-7-19-39(34)54-42)52-49(51-47)37-26-31(27-43-46(37)35-15-5-8-20-40(35)55-43)32-16-9-21-41-44(32)33-13-3-6-18-38(33)53-41/h1-27,43,46H. The smallest absolute Gasteiger partial charge is 0.164 e. The molecule has 0 fully saturated rings. The highest BCUT2D eigenvalue weighted by molar-refractivity contribution is 6.13. The van der Waals surface area contributed by atoms with E-state index in [2.05, 4.69) is 103 Å². The van der Waals surface area contributed by atoms with Crippen molar-refractivity contribution in [2.45, 2.75) is 12.0 Å². The molecule has 10 aromatic rings. The summed E-state index contributed by atoms with van der Waals surface area (Å²) in [5.74, 6) is 2.51. The van der Waals surface area contributed by atoms with Gasteiger partial charge in [0, 0.05) is 43.8 Å². The summed E-state index contributed by atoms with van der Waals surface area (Å²) in [6.07, 6.45) is 4.22. The van der Waals surface area contributed by atoms with E-state index in [0.29, 0.717) is 17.5 Å². The van der Waals surface area contributed by atoms with Gasteiger partial charge in [-0.15, -0.1) is 0 Å². The molecule has 0 N–H and O–H groups in total. The first-order chi connectivity index (χ1) is 27.2. The topological polar surface area (TPSA) is 74.2 Å². The van der Waals surface area contributed by atoms with Crippen molar-refractivity contribution < 1.29 is 13.6 Å². The minimum absolute atomic E-state index is 0.134. The summed E-state index contributed by atoms with van der Waals surface area (Å²) < 4.78 is 19.4. The molecule has 0 saturated heterocycles. The Morgan fingerprint density at radius 2 is 1.09 bits per heavy atom. The maximum atomic E-state index is 6.74. The van der Waals surface area contributed by atoms with E-state index in [4.69, 9.17) is 28.5 Å². The van der Waals surface area contributed by atoms with Crippen molar-refractivity contribution in [2.24, 2.45) is 0 Å². The first kappa shape index (κ1) is 30.2. The van der Waals surface area contributed by atoms with Gasteiger partial charge < -0.3 is 13.6 Å². The van der Waals surface area contributed by atoms with Crippen LogP contribution in [0.4, 0.5) is 0 Å². The van der Waals surface area contributed by atoms with Crippen LogP contribution in [0, 0.1) is 0 Å². The van der Waals surface area contributed by atoms with Crippen LogP contribution in [0.2, 0.25) is 0 Å². The number of para-hydroxylation sites is 3. The molecule has 258 valence electrons. The number of hydrogen-bond acceptors (Lipinski definition) is 6. The van der Waals surface area contributed by atoms with Gasteiger partial charge in [0.1, 0.15) is 34.2 Å². The predicted molar refractivity (Wildman–Crippen MR) is 219 cm³/mol. The zero-order chi connectivity index (χ0) is 36.0. The van der Waals surface area contributed by atoms with Crippen molar-refractivity contribution in [2.75, 3.05) is 0 Å². The van der Waals surface area contributed by atoms with E-state index >= 15 is 0 Å². The minimum atomic E-state index is -0.272. The molecule has 1 aliphatic heterocycles. The second-order valence-electron chi connectivity index (χ2n) is 14.2. The van der Waals surface area contributed by atoms with Gasteiger partial charge in [0.25, 0.3) is 0 Å². The van der Waals surface area contributed by atoms with Gasteiger partial charge >= 0.3 is 0 Å². The van der Waals surface area contributed by atoms with Gasteiger partial charge in [-0.1, -0.05) is 115 Å². The zero-order valence-electron chi connectivity index (χ0n) is 29.3. The normalized spacial score (nSPS) is 16.4. The Morgan fingerprint density at radius 3 is 1.89 bits per heavy atom. The van der Waals surface area contributed by atoms with Gasteiger partial charge in [-0.3, -0.25) is 0 Å². The second-order valence-corrected chi connectivity index (χ2v) is 14.2. The van der Waals surface area contributed by atoms with Crippen molar-refractivity contribution in [3.63, 3.8) is 0 Å². The third kappa shape index (κ3) is 4.64. The molecule has 55 heavy (non-hydrogen) atoms. The zero-order valence-corrected chi connectivity index (χ0v) is 29.3. The molecular weight excluding hydrogens is 679 g/mol. The monoisotopic (exact) mass is 707 g/mol. The molecule has 0 radical (unpaired) electrons. The molecule has 2 atom stereocenters. The summed E-state index contributed by atoms with van der Waals surface area (Å²) in [5, 5.41) is 6.41. The summed E-state index contributed by atoms with van der Waals surface area (Å²) in [6, 6.07) is 51.7. The lowest BCUT2D eigenvalue weighted by molar-refractivity contribution is 0.272. The van der Waals surface area contributed by atoms with Crippen molar-refractivity contribution >= 4 is 65.8 Å². The quantitative estimate of drug-likeness (QED) is 0.181. The summed E-state index contributed by atoms with van der Waals surface area (Å²) in [7, 11) is 0. The molecule has 0 saturated carbocycles. The molecule has 3 aromatic heterocycles. The molecular formula is C49H29N3O3. The predicted octanol–water partition coefficient (Wildman–Crippen LogP) is 12.2. The molecule has 7 aromatic carbocycles. The molecule has 0 amide bonds. The van der Waals surface area contributed by atoms with Crippen LogP contribution < -0.4 is 4.74 Å². The molecule has 1 aliphatic carbocycles. The number of aromatic nitrogens is 3. The second kappa shape index (κ2) is 11.6. The Hall–Kier alpha value is -7.31. The van der Waals surface area contributed by atoms with E-state index in [9.17, 15) is 0 Å². The number of nitrogens with zero attached hydrogens (tertiary/aromatic N) is 3. The fourth-order valence-electron chi connectivity index (χ4n) is 8.62. The van der Waals surface area contributed by atoms with Crippen LogP contribution in [0.5, 0.6) is 5.75 Å². The Kier molecular flexibility index (Phi) is 6.36. The highest BCUT2D eigenvalue weighted by Gasteiger charge is 2.40. The van der Waals surface area contributed by atoms with Crippen LogP contribution in [0.1, 0.15) is 22.9 Å². The molecule has 6 heteroatoms. The Morgan fingerprint density at radius 1 is 0.473 bits per heavy atom. The van der Waals surface area contributed by atoms with E-state index in [1.807, 2.05) is 60.7 Å². The van der Waals surface area contributed by atoms with Crippen LogP contribution in [-0.2, 0) is 0 Å². The SMILES string of the molecule is C1=C(c2cccc3oc4ccccc4c23)C=C(c2nc(-c3ccc4ccccc4c3)nc(-c3cccc4oc5ccccc5c34)n2)C2c3ccccc3OC12. The van der Waals surface area contributed by atoms with Crippen LogP contribution in [0.3, 0.4) is 0 Å². The average Bonchev–Trinajstić information content (AvgIpc) is 3.94. The van der Waals surface area contributed by atoms with E-state index in [-0.39, 0.29) is 12.0 Å². The fraction of sp³-hybridized carbons (Fsp3) is 0.0408. The molecule has 2 unspecified atom stereocenters. The van der Waals surface area contributed by atoms with E-state index in [1.54, 1.807) is 0 Å². The van der Waals surface area contributed by atoms with Crippen LogP contribution in [0.25, 0.3) is 88.6 Å². The first-order valence-corrected chi connectivity index (χ1v) is 18.5. The molecule has 0 bridgehead atoms. The molecule has 2 aliphatic rings. The number of benzene rings is 7. The Bertz CT molecular complexity index is 3280. The van der Waals surface area contributed by atoms with Crippen molar-refractivity contribution in [1.82, 2.24) is 15.0 Å². The van der Waals surface area contributed by atoms with Gasteiger partial charge in [-0.05, 0) is 70.5 Å². The number of hydrogen-bond donors (Lipinski definition) is 0. The van der Waals surface area contributed by atoms with Crippen molar-refractivity contribution in [1.29, 1.82) is 0 Å². The van der Waals surface area contributed by atoms with Gasteiger partial charge in [0.05, 0.1) is 5.92 Å². The van der Waals surface area contributed by atoms with Crippen molar-refractivity contribution in [3.8, 4) is 28.5 Å². The minimum Gasteiger partial charge on any atom is -0.485 e. The summed E-state index contributed by atoms with van der Waals surface area (Å²) >= 11 is 0. The number of rotatable bonds is 4. The Balaban J connectivity index is 1.13. The van der Waals surface area contributed by atoms with Crippen LogP contribution >= 0.6 is 0 Å². The first-order valence-electron chi connectivity index (χ1n) is 18.5. The van der Waals surface area contributed by atoms with E-state index < -0.39 is 0 Å². The maximum Gasteiger partial charge on any atom is 0.164 e. The lowest BCUT2D eigenvalue weighted by Gasteiger charge is -2.25. The molecule has 0 spiro atoms. The van der Waals surface area contributed by atoms with Crippen LogP contribution in [-0.4, -0.2) is 21.1 Å². The van der Waals surface area contributed by atoms with E-state index in [1.165, 1.54) is 0 Å². The molecule has 6 nitrogen and oxygen atoms in total. The van der Waals surface area contributed by atoms with Crippen molar-refractivity contribution in [3.05, 3.63) is 181 Å². The maximum absolute atomic E-state index is 6.74. The lowest BCUT2D eigenvalue weighted by Crippen LogP contribution is -2.22. The fourth-order valence-corrected chi connectivity index (χ4v) is 8.62. The Labute approximate surface area is 314 Å². The lowest BCUT2D eigenvalue weighted by atomic mass is 9.80. The largest absolute Gasteiger partial charge is 0.485 e. The average molecular weight is 708 g/mol. The summed E-state index contributed by atoms with van der Waals surface area (Å²) in [6.45, 7) is 0. The number of fused-ring (bicyclic) bond motifs is 10. The third-order valence-corrected chi connectivity index (χ3v) is 11.1. The summed E-state index contributed by atoms with van der Waals surface area (Å²) in [4.78, 5) is 16.0. The number of allylic oxidation sites excluding steroid dienone is 2. The van der Waals surface area contributed by atoms with Crippen LogP contribution in [0.15, 0.2) is 173 Å². The highest BCUT2D eigenvalue weighted by atomic mass is 16.5. The molecule has 4 heterocycles. The van der Waals surface area contributed by atoms with Gasteiger partial charge in [0.2, 0.25) is 0 Å².